The first-order chi connectivity index (χ1) is 10.2. The predicted octanol–water partition coefficient (Wildman–Crippen LogP) is 3.80. The van der Waals surface area contributed by atoms with E-state index in [-0.39, 0.29) is 11.7 Å². The summed E-state index contributed by atoms with van der Waals surface area (Å²) in [4.78, 5) is 12.3. The number of carbonyl (C=O) groups excluding carboxylic acids is 1. The number of halogens is 1. The van der Waals surface area contributed by atoms with Crippen molar-refractivity contribution in [2.45, 2.75) is 12.5 Å². The zero-order chi connectivity index (χ0) is 14.8. The molecular formula is C17H15FN2O. The fourth-order valence-corrected chi connectivity index (χ4v) is 2.50. The van der Waals surface area contributed by atoms with E-state index >= 15 is 0 Å². The van der Waals surface area contributed by atoms with Gasteiger partial charge in [0.15, 0.2) is 0 Å². The number of anilines is 2. The lowest BCUT2D eigenvalue weighted by Gasteiger charge is -2.25. The third-order valence-corrected chi connectivity index (χ3v) is 3.51. The van der Waals surface area contributed by atoms with Crippen LogP contribution in [-0.4, -0.2) is 11.9 Å². The van der Waals surface area contributed by atoms with Gasteiger partial charge in [0.05, 0.1) is 0 Å². The number of benzene rings is 2. The molecule has 21 heavy (non-hydrogen) atoms. The van der Waals surface area contributed by atoms with Crippen LogP contribution in [0, 0.1) is 5.82 Å². The quantitative estimate of drug-likeness (QED) is 0.823. The van der Waals surface area contributed by atoms with E-state index < -0.39 is 6.04 Å². The molecule has 0 fully saturated rings. The van der Waals surface area contributed by atoms with Gasteiger partial charge in [0.25, 0.3) is 0 Å². The van der Waals surface area contributed by atoms with Crippen LogP contribution >= 0.6 is 0 Å². The topological polar surface area (TPSA) is 41.1 Å². The molecule has 0 aromatic heterocycles. The normalized spacial score (nSPS) is 16.6. The van der Waals surface area contributed by atoms with Crippen LogP contribution < -0.4 is 10.6 Å². The lowest BCUT2D eigenvalue weighted by atomic mass is 9.98. The Morgan fingerprint density at radius 3 is 2.76 bits per heavy atom. The van der Waals surface area contributed by atoms with Crippen molar-refractivity contribution in [3.8, 4) is 11.1 Å². The molecule has 2 aromatic carbocycles. The summed E-state index contributed by atoms with van der Waals surface area (Å²) in [6, 6.07) is 11.5. The standard InChI is InChI=1S/C17H15FN2O/c1-2-5-16-17(21)20-15-9-8-11(18)10-13(15)12-6-3-4-7-14(12)19-16/h2-4,6-10,16,19H,1,5H2,(H,20,21). The van der Waals surface area contributed by atoms with E-state index in [2.05, 4.69) is 17.2 Å². The highest BCUT2D eigenvalue weighted by atomic mass is 19.1. The maximum Gasteiger partial charge on any atom is 0.247 e. The maximum atomic E-state index is 13.6. The molecule has 1 unspecified atom stereocenters. The fourth-order valence-electron chi connectivity index (χ4n) is 2.50. The molecule has 1 aliphatic heterocycles. The average molecular weight is 282 g/mol. The van der Waals surface area contributed by atoms with Crippen LogP contribution in [0.15, 0.2) is 55.1 Å². The van der Waals surface area contributed by atoms with Crippen LogP contribution in [0.4, 0.5) is 15.8 Å². The zero-order valence-corrected chi connectivity index (χ0v) is 11.4. The summed E-state index contributed by atoms with van der Waals surface area (Å²) in [6.07, 6.45) is 2.21. The van der Waals surface area contributed by atoms with Crippen molar-refractivity contribution in [1.29, 1.82) is 0 Å². The highest BCUT2D eigenvalue weighted by Gasteiger charge is 2.23. The van der Waals surface area contributed by atoms with Gasteiger partial charge in [-0.2, -0.15) is 0 Å². The monoisotopic (exact) mass is 282 g/mol. The molecule has 3 rings (SSSR count). The number of hydrogen-bond donors (Lipinski definition) is 2. The van der Waals surface area contributed by atoms with Crippen molar-refractivity contribution in [2.75, 3.05) is 10.6 Å². The van der Waals surface area contributed by atoms with Crippen molar-refractivity contribution in [3.63, 3.8) is 0 Å². The number of fused-ring (bicyclic) bond motifs is 3. The summed E-state index contributed by atoms with van der Waals surface area (Å²) >= 11 is 0. The van der Waals surface area contributed by atoms with E-state index in [0.717, 1.165) is 11.3 Å². The molecule has 3 nitrogen and oxygen atoms in total. The first-order valence-electron chi connectivity index (χ1n) is 6.76. The molecule has 2 aromatic rings. The third-order valence-electron chi connectivity index (χ3n) is 3.51. The number of amides is 1. The lowest BCUT2D eigenvalue weighted by Crippen LogP contribution is -2.35. The smallest absolute Gasteiger partial charge is 0.247 e. The minimum atomic E-state index is -0.401. The van der Waals surface area contributed by atoms with E-state index in [4.69, 9.17) is 0 Å². The van der Waals surface area contributed by atoms with Gasteiger partial charge >= 0.3 is 0 Å². The number of carbonyl (C=O) groups is 1. The highest BCUT2D eigenvalue weighted by molar-refractivity contribution is 6.03. The first-order valence-corrected chi connectivity index (χ1v) is 6.76. The lowest BCUT2D eigenvalue weighted by molar-refractivity contribution is -0.116. The highest BCUT2D eigenvalue weighted by Crippen LogP contribution is 2.36. The van der Waals surface area contributed by atoms with E-state index in [1.807, 2.05) is 24.3 Å². The second-order valence-corrected chi connectivity index (χ2v) is 4.95. The molecule has 1 atom stereocenters. The minimum Gasteiger partial charge on any atom is -0.373 e. The van der Waals surface area contributed by atoms with Gasteiger partial charge < -0.3 is 10.6 Å². The van der Waals surface area contributed by atoms with Crippen LogP contribution in [0.25, 0.3) is 11.1 Å². The predicted molar refractivity (Wildman–Crippen MR) is 82.7 cm³/mol. The summed E-state index contributed by atoms with van der Waals surface area (Å²) in [5.74, 6) is -0.488. The molecule has 106 valence electrons. The Balaban J connectivity index is 2.18. The molecule has 2 N–H and O–H groups in total. The Hall–Kier alpha value is -2.62. The molecular weight excluding hydrogens is 267 g/mol. The molecule has 0 saturated carbocycles. The van der Waals surface area contributed by atoms with Crippen molar-refractivity contribution >= 4 is 17.3 Å². The average Bonchev–Trinajstić information content (AvgIpc) is 2.48. The Kier molecular flexibility index (Phi) is 3.44. The molecule has 0 aliphatic carbocycles. The summed E-state index contributed by atoms with van der Waals surface area (Å²) in [6.45, 7) is 3.69. The second-order valence-electron chi connectivity index (χ2n) is 4.95. The molecule has 1 heterocycles. The van der Waals surface area contributed by atoms with Crippen LogP contribution in [0.2, 0.25) is 0 Å². The first kappa shape index (κ1) is 13.4. The van der Waals surface area contributed by atoms with Crippen LogP contribution in [0.5, 0.6) is 0 Å². The van der Waals surface area contributed by atoms with Gasteiger partial charge in [0.2, 0.25) is 5.91 Å². The molecule has 4 heteroatoms. The number of rotatable bonds is 2. The largest absolute Gasteiger partial charge is 0.373 e. The number of para-hydroxylation sites is 1. The second kappa shape index (κ2) is 5.40. The number of nitrogens with one attached hydrogen (secondary N) is 2. The van der Waals surface area contributed by atoms with Crippen LogP contribution in [0.1, 0.15) is 6.42 Å². The number of hydrogen-bond acceptors (Lipinski definition) is 2. The van der Waals surface area contributed by atoms with Gasteiger partial charge in [-0.15, -0.1) is 6.58 Å². The summed E-state index contributed by atoms with van der Waals surface area (Å²) < 4.78 is 13.6. The van der Waals surface area contributed by atoms with Crippen molar-refractivity contribution < 1.29 is 9.18 Å². The van der Waals surface area contributed by atoms with Gasteiger partial charge in [-0.25, -0.2) is 4.39 Å². The van der Waals surface area contributed by atoms with Gasteiger partial charge in [-0.05, 0) is 30.7 Å². The molecule has 0 spiro atoms. The molecule has 1 amide bonds. The summed E-state index contributed by atoms with van der Waals surface area (Å²) in [5.41, 5.74) is 2.96. The Bertz CT molecular complexity index is 712. The minimum absolute atomic E-state index is 0.155. The molecule has 1 aliphatic rings. The zero-order valence-electron chi connectivity index (χ0n) is 11.4. The van der Waals surface area contributed by atoms with Crippen molar-refractivity contribution in [2.24, 2.45) is 0 Å². The summed E-state index contributed by atoms with van der Waals surface area (Å²) in [7, 11) is 0. The third kappa shape index (κ3) is 2.52. The Morgan fingerprint density at radius 2 is 1.95 bits per heavy atom. The summed E-state index contributed by atoms with van der Waals surface area (Å²) in [5, 5.41) is 6.05. The van der Waals surface area contributed by atoms with Gasteiger partial charge in [0.1, 0.15) is 11.9 Å². The molecule has 0 radical (unpaired) electrons. The Morgan fingerprint density at radius 1 is 1.14 bits per heavy atom. The van der Waals surface area contributed by atoms with Gasteiger partial charge in [-0.3, -0.25) is 4.79 Å². The fraction of sp³-hybridized carbons (Fsp3) is 0.118. The van der Waals surface area contributed by atoms with Crippen LogP contribution in [0.3, 0.4) is 0 Å². The van der Waals surface area contributed by atoms with E-state index in [9.17, 15) is 9.18 Å². The molecule has 0 bridgehead atoms. The van der Waals surface area contributed by atoms with E-state index in [1.165, 1.54) is 12.1 Å². The van der Waals surface area contributed by atoms with Gasteiger partial charge in [-0.1, -0.05) is 24.3 Å². The Labute approximate surface area is 122 Å². The molecule has 0 saturated heterocycles. The van der Waals surface area contributed by atoms with Gasteiger partial charge in [0, 0.05) is 22.5 Å². The van der Waals surface area contributed by atoms with E-state index in [0.29, 0.717) is 17.7 Å². The maximum absolute atomic E-state index is 13.6. The van der Waals surface area contributed by atoms with Crippen LogP contribution in [-0.2, 0) is 4.79 Å². The van der Waals surface area contributed by atoms with Crippen molar-refractivity contribution in [3.05, 3.63) is 60.9 Å². The van der Waals surface area contributed by atoms with E-state index in [1.54, 1.807) is 12.1 Å². The SMILES string of the molecule is C=CCC1Nc2ccccc2-c2cc(F)ccc2NC1=O. The van der Waals surface area contributed by atoms with Crippen molar-refractivity contribution in [1.82, 2.24) is 0 Å².